The fourth-order valence-corrected chi connectivity index (χ4v) is 6.74. The molecule has 21 heavy (non-hydrogen) atoms. The van der Waals surface area contributed by atoms with Crippen molar-refractivity contribution in [3.63, 3.8) is 0 Å². The van der Waals surface area contributed by atoms with Gasteiger partial charge in [0.25, 0.3) is 0 Å². The molecule has 1 amide bonds. The molecular weight excluding hydrogens is 308 g/mol. The van der Waals surface area contributed by atoms with Crippen LogP contribution in [0.25, 0.3) is 0 Å². The molecule has 0 spiro atoms. The Hall–Kier alpha value is -1.34. The Morgan fingerprint density at radius 3 is 2.81 bits per heavy atom. The van der Waals surface area contributed by atoms with Crippen LogP contribution in [0.5, 0.6) is 0 Å². The Kier molecular flexibility index (Phi) is 3.57. The molecule has 2 aliphatic heterocycles. The van der Waals surface area contributed by atoms with E-state index in [2.05, 4.69) is 4.99 Å². The molecule has 0 saturated carbocycles. The van der Waals surface area contributed by atoms with Crippen molar-refractivity contribution >= 4 is 38.4 Å². The van der Waals surface area contributed by atoms with Crippen molar-refractivity contribution in [2.45, 2.75) is 25.1 Å². The van der Waals surface area contributed by atoms with E-state index in [1.165, 1.54) is 18.7 Å². The number of anilines is 1. The molecule has 0 unspecified atom stereocenters. The third-order valence-corrected chi connectivity index (χ3v) is 6.81. The first-order valence-electron chi connectivity index (χ1n) is 6.68. The van der Waals surface area contributed by atoms with Gasteiger partial charge < -0.3 is 4.90 Å². The first-order valence-corrected chi connectivity index (χ1v) is 9.38. The summed E-state index contributed by atoms with van der Waals surface area (Å²) >= 11 is 1.40. The molecule has 0 aliphatic carbocycles. The number of carbonyl (C=O) groups is 1. The van der Waals surface area contributed by atoms with Gasteiger partial charge in [-0.15, -0.1) is 0 Å². The molecular formula is C14H16N2O3S2. The second-order valence-electron chi connectivity index (χ2n) is 5.42. The van der Waals surface area contributed by atoms with Gasteiger partial charge in [-0.25, -0.2) is 8.42 Å². The number of aryl methyl sites for hydroxylation is 1. The van der Waals surface area contributed by atoms with Gasteiger partial charge in [-0.05, 0) is 24.6 Å². The Labute approximate surface area is 128 Å². The maximum Gasteiger partial charge on any atom is 0.244 e. The van der Waals surface area contributed by atoms with Crippen LogP contribution in [0.2, 0.25) is 0 Å². The Balaban J connectivity index is 2.05. The third-order valence-electron chi connectivity index (χ3n) is 3.60. The third kappa shape index (κ3) is 2.85. The summed E-state index contributed by atoms with van der Waals surface area (Å²) in [5, 5.41) is 0.562. The molecule has 3 rings (SSSR count). The van der Waals surface area contributed by atoms with Gasteiger partial charge in [0.2, 0.25) is 5.91 Å². The fraction of sp³-hybridized carbons (Fsp3) is 0.429. The monoisotopic (exact) mass is 324 g/mol. The second-order valence-corrected chi connectivity index (χ2v) is 8.78. The zero-order valence-electron chi connectivity index (χ0n) is 11.8. The van der Waals surface area contributed by atoms with Crippen LogP contribution in [0.1, 0.15) is 12.5 Å². The van der Waals surface area contributed by atoms with E-state index in [-0.39, 0.29) is 28.7 Å². The van der Waals surface area contributed by atoms with Crippen molar-refractivity contribution in [3.8, 4) is 0 Å². The standard InChI is InChI=1S/C14H16N2O3S2/c1-9-4-3-5-11(6-9)16-12-7-21(18,19)8-13(12)20-14(16)15-10(2)17/h3-6,12-13H,7-8H2,1-2H3/t12-,13+/m0/s1. The lowest BCUT2D eigenvalue weighted by Crippen LogP contribution is -2.37. The number of amidine groups is 1. The van der Waals surface area contributed by atoms with Crippen LogP contribution in [0.4, 0.5) is 5.69 Å². The number of fused-ring (bicyclic) bond motifs is 1. The van der Waals surface area contributed by atoms with Gasteiger partial charge in [0, 0.05) is 17.9 Å². The lowest BCUT2D eigenvalue weighted by Gasteiger charge is -2.24. The van der Waals surface area contributed by atoms with Gasteiger partial charge in [0.15, 0.2) is 15.0 Å². The highest BCUT2D eigenvalue weighted by molar-refractivity contribution is 8.16. The molecule has 1 aromatic rings. The molecule has 7 heteroatoms. The van der Waals surface area contributed by atoms with Crippen LogP contribution in [-0.2, 0) is 14.6 Å². The lowest BCUT2D eigenvalue weighted by molar-refractivity contribution is -0.115. The number of hydrogen-bond donors (Lipinski definition) is 0. The molecule has 1 aromatic carbocycles. The quantitative estimate of drug-likeness (QED) is 0.785. The van der Waals surface area contributed by atoms with Crippen LogP contribution < -0.4 is 4.90 Å². The number of thioether (sulfide) groups is 1. The van der Waals surface area contributed by atoms with E-state index in [0.717, 1.165) is 11.3 Å². The smallest absolute Gasteiger partial charge is 0.244 e. The van der Waals surface area contributed by atoms with Gasteiger partial charge in [0.05, 0.1) is 17.5 Å². The molecule has 2 atom stereocenters. The van der Waals surface area contributed by atoms with E-state index in [1.54, 1.807) is 0 Å². The van der Waals surface area contributed by atoms with Crippen LogP contribution >= 0.6 is 11.8 Å². The molecule has 2 fully saturated rings. The number of rotatable bonds is 1. The number of nitrogens with zero attached hydrogens (tertiary/aromatic N) is 2. The Morgan fingerprint density at radius 2 is 2.14 bits per heavy atom. The normalized spacial score (nSPS) is 28.9. The predicted octanol–water partition coefficient (Wildman–Crippen LogP) is 1.62. The second kappa shape index (κ2) is 5.14. The number of hydrogen-bond acceptors (Lipinski definition) is 4. The Morgan fingerprint density at radius 1 is 1.38 bits per heavy atom. The summed E-state index contributed by atoms with van der Waals surface area (Å²) in [4.78, 5) is 17.3. The first-order chi connectivity index (χ1) is 9.85. The summed E-state index contributed by atoms with van der Waals surface area (Å²) in [6.07, 6.45) is 0. The van der Waals surface area contributed by atoms with Crippen LogP contribution in [0.3, 0.4) is 0 Å². The fourth-order valence-electron chi connectivity index (χ4n) is 2.78. The van der Waals surface area contributed by atoms with Crippen molar-refractivity contribution in [2.75, 3.05) is 16.4 Å². The zero-order chi connectivity index (χ0) is 15.2. The van der Waals surface area contributed by atoms with E-state index in [1.807, 2.05) is 36.1 Å². The number of aliphatic imine (C=N–C) groups is 1. The predicted molar refractivity (Wildman–Crippen MR) is 85.6 cm³/mol. The summed E-state index contributed by atoms with van der Waals surface area (Å²) in [5.41, 5.74) is 1.98. The highest BCUT2D eigenvalue weighted by Crippen LogP contribution is 2.41. The van der Waals surface area contributed by atoms with Crippen molar-refractivity contribution in [1.29, 1.82) is 0 Å². The highest BCUT2D eigenvalue weighted by Gasteiger charge is 2.49. The SMILES string of the molecule is CC(=O)N=C1S[C@@H]2CS(=O)(=O)C[C@@H]2N1c1cccc(C)c1. The molecule has 0 radical (unpaired) electrons. The summed E-state index contributed by atoms with van der Waals surface area (Å²) < 4.78 is 23.7. The number of amides is 1. The van der Waals surface area contributed by atoms with Gasteiger partial charge in [-0.2, -0.15) is 4.99 Å². The number of sulfone groups is 1. The highest BCUT2D eigenvalue weighted by atomic mass is 32.2. The molecule has 2 heterocycles. The maximum absolute atomic E-state index is 11.9. The van der Waals surface area contributed by atoms with Crippen LogP contribution in [0.15, 0.2) is 29.3 Å². The molecule has 0 aromatic heterocycles. The number of carbonyl (C=O) groups excluding carboxylic acids is 1. The van der Waals surface area contributed by atoms with E-state index < -0.39 is 9.84 Å². The maximum atomic E-state index is 11.9. The van der Waals surface area contributed by atoms with Crippen molar-refractivity contribution in [2.24, 2.45) is 4.99 Å². The van der Waals surface area contributed by atoms with E-state index in [0.29, 0.717) is 5.17 Å². The van der Waals surface area contributed by atoms with E-state index in [9.17, 15) is 13.2 Å². The summed E-state index contributed by atoms with van der Waals surface area (Å²) in [6, 6.07) is 7.69. The van der Waals surface area contributed by atoms with E-state index in [4.69, 9.17) is 0 Å². The molecule has 0 N–H and O–H groups in total. The Bertz CT molecular complexity index is 727. The largest absolute Gasteiger partial charge is 0.316 e. The van der Waals surface area contributed by atoms with Gasteiger partial charge in [-0.3, -0.25) is 4.79 Å². The van der Waals surface area contributed by atoms with E-state index >= 15 is 0 Å². The molecule has 2 saturated heterocycles. The van der Waals surface area contributed by atoms with Crippen molar-refractivity contribution in [1.82, 2.24) is 0 Å². The lowest BCUT2D eigenvalue weighted by atomic mass is 10.1. The summed E-state index contributed by atoms with van der Waals surface area (Å²) in [6.45, 7) is 3.39. The minimum absolute atomic E-state index is 0.0476. The average Bonchev–Trinajstić information content (AvgIpc) is 2.79. The van der Waals surface area contributed by atoms with Crippen LogP contribution in [0, 0.1) is 6.92 Å². The summed E-state index contributed by atoms with van der Waals surface area (Å²) in [7, 11) is -3.01. The van der Waals surface area contributed by atoms with Gasteiger partial charge >= 0.3 is 0 Å². The zero-order valence-corrected chi connectivity index (χ0v) is 13.4. The van der Waals surface area contributed by atoms with Gasteiger partial charge in [-0.1, -0.05) is 23.9 Å². The summed E-state index contributed by atoms with van der Waals surface area (Å²) in [5.74, 6) is 0.00915. The molecule has 112 valence electrons. The molecule has 2 aliphatic rings. The average molecular weight is 324 g/mol. The van der Waals surface area contributed by atoms with Gasteiger partial charge in [0.1, 0.15) is 0 Å². The minimum Gasteiger partial charge on any atom is -0.316 e. The van der Waals surface area contributed by atoms with Crippen molar-refractivity contribution < 1.29 is 13.2 Å². The number of benzene rings is 1. The molecule has 0 bridgehead atoms. The topological polar surface area (TPSA) is 66.8 Å². The minimum atomic E-state index is -3.01. The molecule has 5 nitrogen and oxygen atoms in total. The van der Waals surface area contributed by atoms with Crippen LogP contribution in [-0.4, -0.2) is 42.3 Å². The van der Waals surface area contributed by atoms with Crippen molar-refractivity contribution in [3.05, 3.63) is 29.8 Å². The first kappa shape index (κ1) is 14.6.